The molecule has 1 heterocycles. The number of amides is 1. The lowest BCUT2D eigenvalue weighted by molar-refractivity contribution is 0.0583. The van der Waals surface area contributed by atoms with Crippen LogP contribution in [0.3, 0.4) is 0 Å². The summed E-state index contributed by atoms with van der Waals surface area (Å²) in [4.78, 5) is 14.1. The Hall–Kier alpha value is -0.870. The number of hydrogen-bond donors (Lipinski definition) is 0. The van der Waals surface area contributed by atoms with Gasteiger partial charge in [0.15, 0.2) is 0 Å². The van der Waals surface area contributed by atoms with E-state index < -0.39 is 0 Å². The Bertz CT molecular complexity index is 430. The van der Waals surface area contributed by atoms with Gasteiger partial charge in [-0.1, -0.05) is 12.1 Å². The largest absolute Gasteiger partial charge is 0.381 e. The number of carbonyl (C=O) groups is 1. The molecule has 1 amide bonds. The van der Waals surface area contributed by atoms with Crippen LogP contribution in [0.15, 0.2) is 28.7 Å². The molecule has 2 rings (SSSR count). The minimum atomic E-state index is 0.0829. The molecule has 0 bridgehead atoms. The van der Waals surface area contributed by atoms with E-state index in [9.17, 15) is 4.79 Å². The number of rotatable bonds is 4. The van der Waals surface area contributed by atoms with Gasteiger partial charge >= 0.3 is 0 Å². The van der Waals surface area contributed by atoms with Crippen molar-refractivity contribution in [2.75, 3.05) is 26.8 Å². The Kier molecular flexibility index (Phi) is 5.40. The van der Waals surface area contributed by atoms with E-state index in [1.54, 1.807) is 0 Å². The van der Waals surface area contributed by atoms with Crippen molar-refractivity contribution in [2.45, 2.75) is 19.3 Å². The van der Waals surface area contributed by atoms with Crippen LogP contribution in [0.5, 0.6) is 0 Å². The van der Waals surface area contributed by atoms with Crippen LogP contribution >= 0.6 is 15.9 Å². The molecule has 0 saturated carbocycles. The van der Waals surface area contributed by atoms with Crippen molar-refractivity contribution in [3.8, 4) is 0 Å². The summed E-state index contributed by atoms with van der Waals surface area (Å²) in [6.07, 6.45) is 3.31. The lowest BCUT2D eigenvalue weighted by Crippen LogP contribution is -2.30. The average molecular weight is 326 g/mol. The van der Waals surface area contributed by atoms with Gasteiger partial charge in [-0.15, -0.1) is 0 Å². The maximum atomic E-state index is 12.3. The third kappa shape index (κ3) is 4.05. The van der Waals surface area contributed by atoms with Gasteiger partial charge in [-0.25, -0.2) is 0 Å². The standard InChI is InChI=1S/C15H20BrNO2/c1-17(9-6-12-7-10-19-11-8-12)15(18)13-4-2-3-5-14(13)16/h2-5,12H,6-11H2,1H3. The van der Waals surface area contributed by atoms with E-state index in [4.69, 9.17) is 4.74 Å². The van der Waals surface area contributed by atoms with Gasteiger partial charge in [0.1, 0.15) is 0 Å². The van der Waals surface area contributed by atoms with E-state index in [2.05, 4.69) is 15.9 Å². The van der Waals surface area contributed by atoms with E-state index in [1.165, 1.54) is 0 Å². The van der Waals surface area contributed by atoms with Gasteiger partial charge in [0, 0.05) is 31.3 Å². The van der Waals surface area contributed by atoms with E-state index >= 15 is 0 Å². The molecule has 104 valence electrons. The smallest absolute Gasteiger partial charge is 0.254 e. The first-order chi connectivity index (χ1) is 9.18. The molecule has 1 aliphatic heterocycles. The molecule has 0 atom stereocenters. The summed E-state index contributed by atoms with van der Waals surface area (Å²) in [6.45, 7) is 2.55. The molecule has 0 spiro atoms. The number of halogens is 1. The second-order valence-corrected chi connectivity index (χ2v) is 5.91. The Balaban J connectivity index is 1.87. The summed E-state index contributed by atoms with van der Waals surface area (Å²) < 4.78 is 6.21. The quantitative estimate of drug-likeness (QED) is 0.849. The predicted molar refractivity (Wildman–Crippen MR) is 79.3 cm³/mol. The van der Waals surface area contributed by atoms with Crippen LogP contribution in [-0.2, 0) is 4.74 Å². The van der Waals surface area contributed by atoms with Crippen molar-refractivity contribution in [1.29, 1.82) is 0 Å². The summed E-state index contributed by atoms with van der Waals surface area (Å²) in [5, 5.41) is 0. The fourth-order valence-electron chi connectivity index (χ4n) is 2.35. The summed E-state index contributed by atoms with van der Waals surface area (Å²) in [6, 6.07) is 7.57. The second kappa shape index (κ2) is 7.06. The molecule has 0 aliphatic carbocycles. The average Bonchev–Trinajstić information content (AvgIpc) is 2.45. The number of benzene rings is 1. The Morgan fingerprint density at radius 2 is 2.05 bits per heavy atom. The molecular weight excluding hydrogens is 306 g/mol. The van der Waals surface area contributed by atoms with Gasteiger partial charge in [-0.05, 0) is 53.2 Å². The molecule has 0 aromatic heterocycles. The lowest BCUT2D eigenvalue weighted by Gasteiger charge is -2.25. The lowest BCUT2D eigenvalue weighted by atomic mass is 9.96. The Morgan fingerprint density at radius 3 is 2.74 bits per heavy atom. The highest BCUT2D eigenvalue weighted by molar-refractivity contribution is 9.10. The molecule has 1 saturated heterocycles. The second-order valence-electron chi connectivity index (χ2n) is 5.05. The number of carbonyl (C=O) groups excluding carboxylic acids is 1. The van der Waals surface area contributed by atoms with Gasteiger partial charge in [0.25, 0.3) is 5.91 Å². The third-order valence-electron chi connectivity index (χ3n) is 3.66. The van der Waals surface area contributed by atoms with Crippen molar-refractivity contribution >= 4 is 21.8 Å². The number of ether oxygens (including phenoxy) is 1. The molecular formula is C15H20BrNO2. The monoisotopic (exact) mass is 325 g/mol. The Morgan fingerprint density at radius 1 is 1.37 bits per heavy atom. The minimum absolute atomic E-state index is 0.0829. The van der Waals surface area contributed by atoms with Crippen LogP contribution < -0.4 is 0 Å². The zero-order valence-electron chi connectivity index (χ0n) is 11.3. The highest BCUT2D eigenvalue weighted by Gasteiger charge is 2.18. The van der Waals surface area contributed by atoms with Crippen molar-refractivity contribution in [3.63, 3.8) is 0 Å². The number of hydrogen-bond acceptors (Lipinski definition) is 2. The molecule has 1 aliphatic rings. The Labute approximate surface area is 123 Å². The SMILES string of the molecule is CN(CCC1CCOCC1)C(=O)c1ccccc1Br. The van der Waals surface area contributed by atoms with E-state index in [-0.39, 0.29) is 5.91 Å². The summed E-state index contributed by atoms with van der Waals surface area (Å²) in [5.41, 5.74) is 0.733. The van der Waals surface area contributed by atoms with Crippen molar-refractivity contribution in [3.05, 3.63) is 34.3 Å². The number of nitrogens with zero attached hydrogens (tertiary/aromatic N) is 1. The molecule has 3 nitrogen and oxygen atoms in total. The van der Waals surface area contributed by atoms with Crippen molar-refractivity contribution < 1.29 is 9.53 Å². The first-order valence-corrected chi connectivity index (χ1v) is 7.55. The summed E-state index contributed by atoms with van der Waals surface area (Å²) in [5.74, 6) is 0.780. The molecule has 0 unspecified atom stereocenters. The fraction of sp³-hybridized carbons (Fsp3) is 0.533. The molecule has 19 heavy (non-hydrogen) atoms. The van der Waals surface area contributed by atoms with Gasteiger partial charge in [0.2, 0.25) is 0 Å². The zero-order chi connectivity index (χ0) is 13.7. The van der Waals surface area contributed by atoms with Crippen LogP contribution in [0, 0.1) is 5.92 Å². The zero-order valence-corrected chi connectivity index (χ0v) is 12.9. The highest BCUT2D eigenvalue weighted by atomic mass is 79.9. The topological polar surface area (TPSA) is 29.5 Å². The third-order valence-corrected chi connectivity index (χ3v) is 4.36. The molecule has 0 radical (unpaired) electrons. The van der Waals surface area contributed by atoms with Gasteiger partial charge in [-0.3, -0.25) is 4.79 Å². The van der Waals surface area contributed by atoms with Gasteiger partial charge in [0.05, 0.1) is 5.56 Å². The van der Waals surface area contributed by atoms with E-state index in [0.717, 1.165) is 49.1 Å². The van der Waals surface area contributed by atoms with Crippen LogP contribution in [0.4, 0.5) is 0 Å². The van der Waals surface area contributed by atoms with E-state index in [1.807, 2.05) is 36.2 Å². The summed E-state index contributed by atoms with van der Waals surface area (Å²) in [7, 11) is 1.88. The molecule has 1 fully saturated rings. The van der Waals surface area contributed by atoms with Gasteiger partial charge in [-0.2, -0.15) is 0 Å². The fourth-order valence-corrected chi connectivity index (χ4v) is 2.81. The highest BCUT2D eigenvalue weighted by Crippen LogP contribution is 2.20. The van der Waals surface area contributed by atoms with E-state index in [0.29, 0.717) is 5.92 Å². The molecule has 1 aromatic rings. The summed E-state index contributed by atoms with van der Waals surface area (Å²) >= 11 is 3.43. The first-order valence-electron chi connectivity index (χ1n) is 6.76. The normalized spacial score (nSPS) is 16.3. The molecule has 4 heteroatoms. The molecule has 0 N–H and O–H groups in total. The van der Waals surface area contributed by atoms with Crippen molar-refractivity contribution in [2.24, 2.45) is 5.92 Å². The molecule has 1 aromatic carbocycles. The van der Waals surface area contributed by atoms with Crippen LogP contribution in [0.1, 0.15) is 29.6 Å². The van der Waals surface area contributed by atoms with Gasteiger partial charge < -0.3 is 9.64 Å². The maximum absolute atomic E-state index is 12.3. The van der Waals surface area contributed by atoms with Crippen LogP contribution in [-0.4, -0.2) is 37.6 Å². The van der Waals surface area contributed by atoms with Crippen molar-refractivity contribution in [1.82, 2.24) is 4.90 Å². The first kappa shape index (κ1) is 14.5. The van der Waals surface area contributed by atoms with Crippen LogP contribution in [0.25, 0.3) is 0 Å². The van der Waals surface area contributed by atoms with Crippen LogP contribution in [0.2, 0.25) is 0 Å². The predicted octanol–water partition coefficient (Wildman–Crippen LogP) is 3.34. The maximum Gasteiger partial charge on any atom is 0.254 e. The minimum Gasteiger partial charge on any atom is -0.381 e.